The van der Waals surface area contributed by atoms with Gasteiger partial charge in [-0.1, -0.05) is 4.98 Å². The van der Waals surface area contributed by atoms with Crippen LogP contribution in [0.3, 0.4) is 0 Å². The Kier molecular flexibility index (Phi) is 7.54. The third-order valence-electron chi connectivity index (χ3n) is 4.42. The zero-order valence-corrected chi connectivity index (χ0v) is 19.5. The summed E-state index contributed by atoms with van der Waals surface area (Å²) in [4.78, 5) is 50.9. The van der Waals surface area contributed by atoms with Crippen LogP contribution in [0.2, 0.25) is 0 Å². The minimum atomic E-state index is -6.16. The van der Waals surface area contributed by atoms with Crippen molar-refractivity contribution in [3.63, 3.8) is 0 Å². The SMILES string of the molecule is Cn1c[n+](C[C@@H]2O[C@H](COP(=O)([O-])OP(=O)([O-])OP(=O)([O-])[O-])C(O)[C@@H]2O)c2nc(N)nc([O-])c21. The predicted octanol–water partition coefficient (Wildman–Crippen LogP) is -5.78. The number of aliphatic hydroxyl groups is 2. The highest BCUT2D eigenvalue weighted by Gasteiger charge is 2.44. The number of aryl methyl sites for hydroxylation is 1. The molecule has 3 rings (SSSR count). The summed E-state index contributed by atoms with van der Waals surface area (Å²) >= 11 is 0. The third kappa shape index (κ3) is 6.35. The summed E-state index contributed by atoms with van der Waals surface area (Å²) in [6.07, 6.45) is -4.65. The Bertz CT molecular complexity index is 1220. The molecule has 0 saturated carbocycles. The lowest BCUT2D eigenvalue weighted by Crippen LogP contribution is -2.44. The van der Waals surface area contributed by atoms with Crippen molar-refractivity contribution in [1.29, 1.82) is 0 Å². The van der Waals surface area contributed by atoms with E-state index < -0.39 is 60.4 Å². The molecule has 1 aliphatic rings. The van der Waals surface area contributed by atoms with Crippen LogP contribution in [0.15, 0.2) is 6.33 Å². The smallest absolute Gasteiger partial charge is 0.306 e. The van der Waals surface area contributed by atoms with E-state index in [-0.39, 0.29) is 23.7 Å². The number of phosphoric ester groups is 1. The van der Waals surface area contributed by atoms with E-state index >= 15 is 0 Å². The lowest BCUT2D eigenvalue weighted by molar-refractivity contribution is -0.682. The molecular weight excluding hydrogens is 531 g/mol. The van der Waals surface area contributed by atoms with Crippen molar-refractivity contribution < 1.29 is 71.0 Å². The maximum atomic E-state index is 12.0. The van der Waals surface area contributed by atoms with Crippen LogP contribution in [0.4, 0.5) is 5.95 Å². The van der Waals surface area contributed by atoms with Crippen LogP contribution in [0.5, 0.6) is 5.88 Å². The molecule has 22 heteroatoms. The summed E-state index contributed by atoms with van der Waals surface area (Å²) in [6.45, 7) is -1.29. The maximum Gasteiger partial charge on any atom is 0.306 e. The maximum absolute atomic E-state index is 12.0. The molecule has 2 aromatic heterocycles. The third-order valence-corrected chi connectivity index (χ3v) is 8.09. The first kappa shape index (κ1) is 27.0. The highest BCUT2D eigenvalue weighted by atomic mass is 31.3. The number of imidazole rings is 1. The van der Waals surface area contributed by atoms with E-state index in [4.69, 9.17) is 10.5 Å². The lowest BCUT2D eigenvalue weighted by atomic mass is 10.1. The van der Waals surface area contributed by atoms with Gasteiger partial charge in [0.25, 0.3) is 21.6 Å². The second-order valence-corrected chi connectivity index (χ2v) is 11.2. The van der Waals surface area contributed by atoms with Crippen LogP contribution in [0, 0.1) is 0 Å². The van der Waals surface area contributed by atoms with Crippen LogP contribution in [0.25, 0.3) is 11.2 Å². The Hall–Kier alpha value is -1.56. The van der Waals surface area contributed by atoms with Crippen molar-refractivity contribution in [3.8, 4) is 5.88 Å². The number of aromatic nitrogens is 4. The molecule has 6 atom stereocenters. The van der Waals surface area contributed by atoms with Crippen LogP contribution in [-0.2, 0) is 45.2 Å². The van der Waals surface area contributed by atoms with Crippen molar-refractivity contribution in [2.24, 2.45) is 7.05 Å². The number of hydrogen-bond acceptors (Lipinski definition) is 17. The highest BCUT2D eigenvalue weighted by molar-refractivity contribution is 7.64. The van der Waals surface area contributed by atoms with E-state index in [1.54, 1.807) is 0 Å². The molecule has 192 valence electrons. The number of nitrogen functional groups attached to an aromatic ring is 1. The summed E-state index contributed by atoms with van der Waals surface area (Å²) < 4.78 is 51.9. The fourth-order valence-corrected chi connectivity index (χ4v) is 6.02. The summed E-state index contributed by atoms with van der Waals surface area (Å²) in [7, 11) is -16.6. The van der Waals surface area contributed by atoms with Gasteiger partial charge >= 0.3 is 5.65 Å². The Morgan fingerprint density at radius 2 is 1.74 bits per heavy atom. The summed E-state index contributed by atoms with van der Waals surface area (Å²) in [5, 5.41) is 32.4. The zero-order valence-electron chi connectivity index (χ0n) is 16.8. The lowest BCUT2D eigenvalue weighted by Gasteiger charge is -2.37. The molecule has 0 aromatic carbocycles. The van der Waals surface area contributed by atoms with Gasteiger partial charge < -0.3 is 54.5 Å². The van der Waals surface area contributed by atoms with Gasteiger partial charge in [0, 0.05) is 5.88 Å². The molecule has 1 saturated heterocycles. The second-order valence-electron chi connectivity index (χ2n) is 6.93. The van der Waals surface area contributed by atoms with Gasteiger partial charge in [-0.15, -0.1) is 0 Å². The molecule has 3 heterocycles. The van der Waals surface area contributed by atoms with Gasteiger partial charge in [-0.2, -0.15) is 0 Å². The van der Waals surface area contributed by atoms with Gasteiger partial charge in [-0.3, -0.25) is 18.0 Å². The molecule has 1 fully saturated rings. The molecule has 3 unspecified atom stereocenters. The van der Waals surface area contributed by atoms with Crippen molar-refractivity contribution in [1.82, 2.24) is 14.5 Å². The van der Waals surface area contributed by atoms with Gasteiger partial charge in [0.05, 0.1) is 21.5 Å². The fourth-order valence-electron chi connectivity index (χ4n) is 3.16. The van der Waals surface area contributed by atoms with Crippen molar-refractivity contribution in [2.45, 2.75) is 31.0 Å². The number of hydrogen-bond donors (Lipinski definition) is 3. The normalized spacial score (nSPS) is 27.0. The van der Waals surface area contributed by atoms with E-state index in [0.717, 1.165) is 0 Å². The van der Waals surface area contributed by atoms with Gasteiger partial charge in [0.15, 0.2) is 11.8 Å². The number of ether oxygens (including phenoxy) is 1. The molecule has 0 amide bonds. The van der Waals surface area contributed by atoms with Crippen LogP contribution >= 0.6 is 23.5 Å². The number of aliphatic hydroxyl groups excluding tert-OH is 2. The minimum absolute atomic E-state index is 0.0801. The molecule has 34 heavy (non-hydrogen) atoms. The molecule has 0 bridgehead atoms. The topological polar surface area (TPSA) is 304 Å². The monoisotopic (exact) mass is 547 g/mol. The van der Waals surface area contributed by atoms with E-state index in [9.17, 15) is 48.6 Å². The molecule has 0 aliphatic carbocycles. The molecule has 2 aromatic rings. The summed E-state index contributed by atoms with van der Waals surface area (Å²) in [6, 6.07) is 0. The van der Waals surface area contributed by atoms with E-state index in [1.165, 1.54) is 22.5 Å². The van der Waals surface area contributed by atoms with Gasteiger partial charge in [-0.05, 0) is 0 Å². The van der Waals surface area contributed by atoms with E-state index in [2.05, 4.69) is 23.1 Å². The second kappa shape index (κ2) is 9.48. The largest absolute Gasteiger partial charge is 0.856 e. The number of anilines is 1. The Labute approximate surface area is 189 Å². The molecular formula is C12H16N5O14P3-4. The standard InChI is InChI=1S/C12H20N5O14P3/c1-16-4-17(10-7(16)11(20)15-12(13)14-10)2-5-8(18)9(19)6(29-5)3-28-33(24,25)31-34(26,27)30-32(21,22)23/h4-6,8-9,18-19H,2-3H2,1H3,(H6-,13,14,15,20,21,22,23,24,25,26,27)/p-4/t5-,6+,8+,9?/m0/s1. The summed E-state index contributed by atoms with van der Waals surface area (Å²) in [5.41, 5.74) is 5.65. The number of fused-ring (bicyclic) bond motifs is 1. The van der Waals surface area contributed by atoms with Crippen molar-refractivity contribution >= 4 is 40.6 Å². The Morgan fingerprint density at radius 1 is 1.12 bits per heavy atom. The van der Waals surface area contributed by atoms with Gasteiger partial charge in [-0.25, -0.2) is 13.9 Å². The first-order chi connectivity index (χ1) is 15.5. The molecule has 1 aliphatic heterocycles. The number of phosphoric acid groups is 3. The average Bonchev–Trinajstić information content (AvgIpc) is 3.08. The average molecular weight is 547 g/mol. The van der Waals surface area contributed by atoms with E-state index in [0.29, 0.717) is 0 Å². The van der Waals surface area contributed by atoms with Crippen LogP contribution in [0.1, 0.15) is 0 Å². The molecule has 0 radical (unpaired) electrons. The number of nitrogens with zero attached hydrogens (tertiary/aromatic N) is 4. The minimum Gasteiger partial charge on any atom is -0.856 e. The molecule has 0 spiro atoms. The summed E-state index contributed by atoms with van der Waals surface area (Å²) in [5.74, 6) is -0.980. The molecule has 19 nitrogen and oxygen atoms in total. The van der Waals surface area contributed by atoms with Gasteiger partial charge in [0.1, 0.15) is 31.0 Å². The predicted molar refractivity (Wildman–Crippen MR) is 94.2 cm³/mol. The number of rotatable bonds is 9. The first-order valence-corrected chi connectivity index (χ1v) is 13.3. The van der Waals surface area contributed by atoms with Crippen LogP contribution < -0.4 is 35.0 Å². The number of nitrogens with two attached hydrogens (primary N) is 1. The van der Waals surface area contributed by atoms with Crippen LogP contribution in [-0.4, -0.2) is 55.8 Å². The quantitative estimate of drug-likeness (QED) is 0.194. The van der Waals surface area contributed by atoms with E-state index in [1.807, 2.05) is 0 Å². The Balaban J connectivity index is 1.68. The zero-order chi connectivity index (χ0) is 25.6. The highest BCUT2D eigenvalue weighted by Crippen LogP contribution is 2.60. The first-order valence-electron chi connectivity index (χ1n) is 8.90. The molecule has 4 N–H and O–H groups in total. The van der Waals surface area contributed by atoms with Crippen molar-refractivity contribution in [3.05, 3.63) is 6.33 Å². The Morgan fingerprint density at radius 3 is 2.35 bits per heavy atom. The fraction of sp³-hybridized carbons (Fsp3) is 0.583. The van der Waals surface area contributed by atoms with Gasteiger partial charge in [0.2, 0.25) is 0 Å². The van der Waals surface area contributed by atoms with Crippen molar-refractivity contribution in [2.75, 3.05) is 12.3 Å².